The van der Waals surface area contributed by atoms with E-state index in [9.17, 15) is 105 Å². The molecule has 0 aromatic heterocycles. The van der Waals surface area contributed by atoms with Crippen molar-refractivity contribution in [3.8, 4) is 0 Å². The Labute approximate surface area is 259 Å². The van der Waals surface area contributed by atoms with Crippen LogP contribution in [0.25, 0.3) is 0 Å². The minimum atomic E-state index is -6.85. The molecule has 1 aromatic rings. The third kappa shape index (κ3) is 12.1. The van der Waals surface area contributed by atoms with E-state index in [2.05, 4.69) is 8.37 Å². The SMILES string of the molecule is O=S(=O)(OS(=O)(=O)C(F)(F)F)C(F)(F)F.O=[N+]([O-])c1ccccc1S(=O)(=O)N(CCOS(=O)(=O)C(F)(F)F)CCOS(=O)(=O)C(F)(F)F. The average Bonchev–Trinajstić information content (AvgIpc) is 2.84. The van der Waals surface area contributed by atoms with Gasteiger partial charge in [0.1, 0.15) is 0 Å². The highest BCUT2D eigenvalue weighted by Crippen LogP contribution is 2.32. The maximum absolute atomic E-state index is 12.7. The van der Waals surface area contributed by atoms with E-state index in [1.807, 2.05) is 3.63 Å². The van der Waals surface area contributed by atoms with Gasteiger partial charge in [-0.25, -0.2) is 8.42 Å². The van der Waals surface area contributed by atoms with Crippen LogP contribution in [0.3, 0.4) is 0 Å². The first-order valence-electron chi connectivity index (χ1n) is 10.4. The molecule has 1 aromatic carbocycles. The van der Waals surface area contributed by atoms with Crippen molar-refractivity contribution in [1.82, 2.24) is 4.31 Å². The van der Waals surface area contributed by atoms with E-state index in [1.165, 1.54) is 0 Å². The molecule has 0 aliphatic rings. The first-order valence-corrected chi connectivity index (χ1v) is 17.5. The normalized spacial score (nSPS) is 14.4. The predicted molar refractivity (Wildman–Crippen MR) is 125 cm³/mol. The van der Waals surface area contributed by atoms with Gasteiger partial charge in [-0.1, -0.05) is 12.1 Å². The fraction of sp³-hybridized carbons (Fsp3) is 0.571. The van der Waals surface area contributed by atoms with Crippen molar-refractivity contribution in [1.29, 1.82) is 0 Å². The van der Waals surface area contributed by atoms with Gasteiger partial charge in [0.05, 0.1) is 18.1 Å². The van der Waals surface area contributed by atoms with Gasteiger partial charge in [-0.3, -0.25) is 18.5 Å². The van der Waals surface area contributed by atoms with Crippen LogP contribution >= 0.6 is 0 Å². The maximum Gasteiger partial charge on any atom is 0.524 e. The topological polar surface area (TPSA) is 245 Å². The molecular formula is C14H12F12N2O15S5. The molecule has 0 atom stereocenters. The van der Waals surface area contributed by atoms with Gasteiger partial charge in [0.15, 0.2) is 4.90 Å². The number of nitro benzene ring substituents is 1. The fourth-order valence-electron chi connectivity index (χ4n) is 2.14. The van der Waals surface area contributed by atoms with Crippen LogP contribution in [0, 0.1) is 10.1 Å². The molecule has 282 valence electrons. The van der Waals surface area contributed by atoms with Crippen LogP contribution < -0.4 is 0 Å². The maximum atomic E-state index is 12.7. The summed E-state index contributed by atoms with van der Waals surface area (Å²) in [6, 6.07) is 3.41. The zero-order valence-electron chi connectivity index (χ0n) is 21.7. The van der Waals surface area contributed by atoms with E-state index in [4.69, 9.17) is 0 Å². The van der Waals surface area contributed by atoms with Crippen molar-refractivity contribution >= 4 is 56.2 Å². The van der Waals surface area contributed by atoms with Crippen molar-refractivity contribution in [2.75, 3.05) is 26.3 Å². The number of rotatable bonds is 13. The van der Waals surface area contributed by atoms with E-state index in [1.54, 1.807) is 0 Å². The summed E-state index contributed by atoms with van der Waals surface area (Å²) in [5.41, 5.74) is -25.3. The molecular weight excluding hydrogens is 824 g/mol. The molecule has 0 N–H and O–H groups in total. The molecule has 0 unspecified atom stereocenters. The fourth-order valence-corrected chi connectivity index (χ4v) is 6.12. The Kier molecular flexibility index (Phi) is 14.3. The summed E-state index contributed by atoms with van der Waals surface area (Å²) in [6.07, 6.45) is 0. The average molecular weight is 837 g/mol. The van der Waals surface area contributed by atoms with Crippen LogP contribution in [0.1, 0.15) is 0 Å². The number of benzene rings is 1. The molecule has 17 nitrogen and oxygen atoms in total. The number of para-hydroxylation sites is 1. The van der Waals surface area contributed by atoms with Gasteiger partial charge in [-0.2, -0.15) is 90.7 Å². The molecule has 48 heavy (non-hydrogen) atoms. The lowest BCUT2D eigenvalue weighted by molar-refractivity contribution is -0.387. The number of sulfonamides is 1. The van der Waals surface area contributed by atoms with Crippen LogP contribution in [0.4, 0.5) is 58.4 Å². The van der Waals surface area contributed by atoms with Crippen molar-refractivity contribution in [3.05, 3.63) is 34.4 Å². The summed E-state index contributed by atoms with van der Waals surface area (Å²) >= 11 is 0. The molecule has 0 spiro atoms. The highest BCUT2D eigenvalue weighted by Gasteiger charge is 2.57. The molecule has 0 radical (unpaired) electrons. The van der Waals surface area contributed by atoms with Crippen LogP contribution in [0.15, 0.2) is 29.2 Å². The van der Waals surface area contributed by atoms with E-state index < -0.39 is 114 Å². The summed E-state index contributed by atoms with van der Waals surface area (Å²) < 4.78 is 260. The van der Waals surface area contributed by atoms with E-state index in [-0.39, 0.29) is 4.31 Å². The largest absolute Gasteiger partial charge is 0.524 e. The van der Waals surface area contributed by atoms with Gasteiger partial charge >= 0.3 is 62.5 Å². The second-order valence-corrected chi connectivity index (χ2v) is 15.8. The molecule has 0 saturated heterocycles. The Morgan fingerprint density at radius 3 is 1.19 bits per heavy atom. The first kappa shape index (κ1) is 45.4. The first-order chi connectivity index (χ1) is 20.9. The molecule has 1 rings (SSSR count). The number of alkyl halides is 12. The van der Waals surface area contributed by atoms with Gasteiger partial charge in [0.25, 0.3) is 5.69 Å². The van der Waals surface area contributed by atoms with Gasteiger partial charge < -0.3 is 0 Å². The number of halogens is 12. The van der Waals surface area contributed by atoms with Crippen molar-refractivity contribution in [3.63, 3.8) is 0 Å². The summed E-state index contributed by atoms with van der Waals surface area (Å²) in [5.74, 6) is 0. The summed E-state index contributed by atoms with van der Waals surface area (Å²) in [4.78, 5) is 8.82. The van der Waals surface area contributed by atoms with Gasteiger partial charge in [0.2, 0.25) is 10.0 Å². The molecule has 0 aliphatic carbocycles. The lowest BCUT2D eigenvalue weighted by Gasteiger charge is -2.22. The zero-order valence-corrected chi connectivity index (χ0v) is 25.8. The Hall–Kier alpha value is -2.63. The zero-order chi connectivity index (χ0) is 38.6. The molecule has 34 heteroatoms. The van der Waals surface area contributed by atoms with Gasteiger partial charge in [0, 0.05) is 19.2 Å². The second kappa shape index (κ2) is 15.1. The molecule has 0 heterocycles. The summed E-state index contributed by atoms with van der Waals surface area (Å²) in [5, 5.41) is 11.1. The quantitative estimate of drug-likeness (QED) is 0.0907. The number of nitrogens with zero attached hydrogens (tertiary/aromatic N) is 2. The minimum absolute atomic E-state index is 0.0485. The minimum Gasteiger partial charge on any atom is -0.262 e. The molecule has 0 fully saturated rings. The number of nitro groups is 1. The molecule has 0 aliphatic heterocycles. The van der Waals surface area contributed by atoms with Gasteiger partial charge in [-0.05, 0) is 6.07 Å². The monoisotopic (exact) mass is 836 g/mol. The van der Waals surface area contributed by atoms with Crippen molar-refractivity contribution in [2.24, 2.45) is 0 Å². The van der Waals surface area contributed by atoms with E-state index in [0.29, 0.717) is 12.1 Å². The predicted octanol–water partition coefficient (Wildman–Crippen LogP) is 2.02. The third-order valence-corrected chi connectivity index (χ3v) is 10.8. The lowest BCUT2D eigenvalue weighted by atomic mass is 10.3. The van der Waals surface area contributed by atoms with Crippen LogP contribution in [-0.2, 0) is 62.5 Å². The van der Waals surface area contributed by atoms with E-state index >= 15 is 0 Å². The second-order valence-electron chi connectivity index (χ2n) is 7.44. The summed E-state index contributed by atoms with van der Waals surface area (Å²) in [6.45, 7) is -5.68. The standard InChI is InChI=1S/C12H12F6N2O10S3.C2F6O5S2/c13-11(14,15)32(25,26)29-7-5-19(6-8-30-33(27,28)12(16,17)18)31(23,24)10-4-2-1-3-9(10)20(21)22;3-1(4,5)14(9,10)13-15(11,12)2(6,7)8/h1-4H,5-8H2;. The molecule has 0 bridgehead atoms. The Balaban J connectivity index is 0.00000123. The Morgan fingerprint density at radius 1 is 0.583 bits per heavy atom. The third-order valence-electron chi connectivity index (χ3n) is 4.15. The molecule has 0 amide bonds. The highest BCUT2D eigenvalue weighted by atomic mass is 32.3. The van der Waals surface area contributed by atoms with Crippen molar-refractivity contribution in [2.45, 2.75) is 26.9 Å². The lowest BCUT2D eigenvalue weighted by Crippen LogP contribution is -2.39. The van der Waals surface area contributed by atoms with Gasteiger partial charge in [-0.15, -0.1) is 3.63 Å². The Morgan fingerprint density at radius 2 is 0.896 bits per heavy atom. The van der Waals surface area contributed by atoms with E-state index in [0.717, 1.165) is 12.1 Å². The van der Waals surface area contributed by atoms with Crippen LogP contribution in [0.2, 0.25) is 0 Å². The highest BCUT2D eigenvalue weighted by molar-refractivity contribution is 8.00. The molecule has 0 saturated carbocycles. The number of hydrogen-bond acceptors (Lipinski definition) is 15. The summed E-state index contributed by atoms with van der Waals surface area (Å²) in [7, 11) is -31.2. The van der Waals surface area contributed by atoms with Crippen LogP contribution in [-0.4, -0.2) is 99.7 Å². The number of hydrogen-bond donors (Lipinski definition) is 0. The Bertz CT molecular complexity index is 1760. The smallest absolute Gasteiger partial charge is 0.262 e. The van der Waals surface area contributed by atoms with Crippen LogP contribution in [0.5, 0.6) is 0 Å². The van der Waals surface area contributed by atoms with Crippen molar-refractivity contribution < 1.29 is 112 Å².